The van der Waals surface area contributed by atoms with Gasteiger partial charge in [-0.3, -0.25) is 0 Å². The van der Waals surface area contributed by atoms with Gasteiger partial charge in [0.15, 0.2) is 0 Å². The van der Waals surface area contributed by atoms with E-state index in [0.29, 0.717) is 11.3 Å². The molecule has 0 unspecified atom stereocenters. The van der Waals surface area contributed by atoms with E-state index in [0.717, 1.165) is 0 Å². The molecule has 0 radical (unpaired) electrons. The summed E-state index contributed by atoms with van der Waals surface area (Å²) in [6, 6.07) is 9.74. The highest BCUT2D eigenvalue weighted by molar-refractivity contribution is 6.32. The summed E-state index contributed by atoms with van der Waals surface area (Å²) in [6.07, 6.45) is -4.73. The Morgan fingerprint density at radius 1 is 1.05 bits per heavy atom. The Labute approximate surface area is 123 Å². The highest BCUT2D eigenvalue weighted by Crippen LogP contribution is 2.28. The molecule has 0 saturated carbocycles. The van der Waals surface area contributed by atoms with Gasteiger partial charge < -0.3 is 14.6 Å². The highest BCUT2D eigenvalue weighted by atomic mass is 35.5. The van der Waals surface area contributed by atoms with E-state index in [2.05, 4.69) is 4.74 Å². The number of rotatable bonds is 4. The van der Waals surface area contributed by atoms with Gasteiger partial charge in [-0.15, -0.1) is 13.2 Å². The van der Waals surface area contributed by atoms with E-state index in [1.54, 1.807) is 6.07 Å². The van der Waals surface area contributed by atoms with E-state index in [1.165, 1.54) is 36.4 Å². The summed E-state index contributed by atoms with van der Waals surface area (Å²) in [7, 11) is 0. The van der Waals surface area contributed by atoms with Gasteiger partial charge in [0, 0.05) is 6.07 Å². The van der Waals surface area contributed by atoms with Crippen LogP contribution in [0.4, 0.5) is 13.2 Å². The van der Waals surface area contributed by atoms with Crippen LogP contribution in [0.2, 0.25) is 5.02 Å². The van der Waals surface area contributed by atoms with Gasteiger partial charge in [-0.05, 0) is 29.8 Å². The number of hydrogen-bond acceptors (Lipinski definition) is 3. The van der Waals surface area contributed by atoms with Crippen LogP contribution in [0.3, 0.4) is 0 Å². The lowest BCUT2D eigenvalue weighted by atomic mass is 10.2. The topological polar surface area (TPSA) is 38.7 Å². The van der Waals surface area contributed by atoms with Gasteiger partial charge in [-0.1, -0.05) is 23.7 Å². The molecule has 112 valence electrons. The predicted octanol–water partition coefficient (Wildman–Crippen LogP) is 4.52. The molecule has 1 N–H and O–H groups in total. The van der Waals surface area contributed by atoms with Crippen LogP contribution in [-0.2, 0) is 6.61 Å². The van der Waals surface area contributed by atoms with Crippen molar-refractivity contribution in [2.75, 3.05) is 0 Å². The number of benzene rings is 2. The van der Waals surface area contributed by atoms with Crippen molar-refractivity contribution >= 4 is 11.6 Å². The molecule has 3 nitrogen and oxygen atoms in total. The van der Waals surface area contributed by atoms with Crippen molar-refractivity contribution in [1.82, 2.24) is 0 Å². The minimum absolute atomic E-state index is 0.0379. The number of halogens is 4. The first-order chi connectivity index (χ1) is 9.83. The van der Waals surface area contributed by atoms with Crippen molar-refractivity contribution in [2.24, 2.45) is 0 Å². The monoisotopic (exact) mass is 318 g/mol. The summed E-state index contributed by atoms with van der Waals surface area (Å²) in [5, 5.41) is 9.39. The molecule has 0 amide bonds. The maximum absolute atomic E-state index is 12.1. The molecular weight excluding hydrogens is 309 g/mol. The molecule has 2 rings (SSSR count). The molecule has 0 heterocycles. The molecule has 0 fully saturated rings. The largest absolute Gasteiger partial charge is 0.573 e. The van der Waals surface area contributed by atoms with Crippen LogP contribution in [0, 0.1) is 0 Å². The summed E-state index contributed by atoms with van der Waals surface area (Å²) >= 11 is 5.72. The minimum atomic E-state index is -4.73. The molecular formula is C14H10ClF3O3. The van der Waals surface area contributed by atoms with Gasteiger partial charge in [0.25, 0.3) is 0 Å². The number of alkyl halides is 3. The summed E-state index contributed by atoms with van der Waals surface area (Å²) in [6.45, 7) is 0.0379. The normalized spacial score (nSPS) is 11.2. The molecule has 0 atom stereocenters. The van der Waals surface area contributed by atoms with E-state index in [4.69, 9.17) is 16.3 Å². The van der Waals surface area contributed by atoms with Gasteiger partial charge in [0.1, 0.15) is 23.9 Å². The maximum atomic E-state index is 12.1. The maximum Gasteiger partial charge on any atom is 0.573 e. The van der Waals surface area contributed by atoms with E-state index in [-0.39, 0.29) is 23.1 Å². The lowest BCUT2D eigenvalue weighted by Gasteiger charge is -2.11. The summed E-state index contributed by atoms with van der Waals surface area (Å²) in [5.74, 6) is -0.00290. The van der Waals surface area contributed by atoms with Gasteiger partial charge in [0.05, 0.1) is 5.02 Å². The van der Waals surface area contributed by atoms with Crippen LogP contribution in [0.1, 0.15) is 5.56 Å². The first-order valence-electron chi connectivity index (χ1n) is 5.79. The Morgan fingerprint density at radius 3 is 2.48 bits per heavy atom. The number of ether oxygens (including phenoxy) is 2. The Kier molecular flexibility index (Phi) is 4.47. The Hall–Kier alpha value is -2.08. The summed E-state index contributed by atoms with van der Waals surface area (Å²) < 4.78 is 45.5. The van der Waals surface area contributed by atoms with Crippen molar-refractivity contribution in [1.29, 1.82) is 0 Å². The van der Waals surface area contributed by atoms with E-state index < -0.39 is 6.36 Å². The second-order valence-corrected chi connectivity index (χ2v) is 4.50. The molecule has 0 saturated heterocycles. The molecule has 2 aromatic carbocycles. The zero-order valence-electron chi connectivity index (χ0n) is 10.5. The molecule has 0 aliphatic rings. The van der Waals surface area contributed by atoms with Crippen molar-refractivity contribution in [3.05, 3.63) is 53.1 Å². The van der Waals surface area contributed by atoms with E-state index >= 15 is 0 Å². The molecule has 0 aliphatic heterocycles. The van der Waals surface area contributed by atoms with Crippen LogP contribution in [-0.4, -0.2) is 11.5 Å². The van der Waals surface area contributed by atoms with Crippen LogP contribution >= 0.6 is 11.6 Å². The Bertz CT molecular complexity index is 629. The standard InChI is InChI=1S/C14H10ClF3O3/c15-12-7-10(4-5-13(12)19)20-8-9-2-1-3-11(6-9)21-14(16,17)18/h1-7,19H,8H2. The third kappa shape index (κ3) is 4.75. The summed E-state index contributed by atoms with van der Waals surface area (Å²) in [5.41, 5.74) is 0.501. The van der Waals surface area contributed by atoms with Crippen LogP contribution in [0.15, 0.2) is 42.5 Å². The third-order valence-electron chi connectivity index (χ3n) is 2.46. The van der Waals surface area contributed by atoms with E-state index in [1.807, 2.05) is 0 Å². The van der Waals surface area contributed by atoms with Crippen molar-refractivity contribution in [3.63, 3.8) is 0 Å². The van der Waals surface area contributed by atoms with Gasteiger partial charge >= 0.3 is 6.36 Å². The second kappa shape index (κ2) is 6.13. The predicted molar refractivity (Wildman–Crippen MR) is 70.6 cm³/mol. The number of phenols is 1. The lowest BCUT2D eigenvalue weighted by Crippen LogP contribution is -2.17. The van der Waals surface area contributed by atoms with Crippen LogP contribution in [0.25, 0.3) is 0 Å². The average Bonchev–Trinajstić information content (AvgIpc) is 2.39. The first-order valence-corrected chi connectivity index (χ1v) is 6.17. The molecule has 21 heavy (non-hydrogen) atoms. The van der Waals surface area contributed by atoms with Crippen LogP contribution in [0.5, 0.6) is 17.2 Å². The summed E-state index contributed by atoms with van der Waals surface area (Å²) in [4.78, 5) is 0. The highest BCUT2D eigenvalue weighted by Gasteiger charge is 2.31. The molecule has 0 bridgehead atoms. The van der Waals surface area contributed by atoms with E-state index in [9.17, 15) is 18.3 Å². The molecule has 7 heteroatoms. The molecule has 0 aromatic heterocycles. The fourth-order valence-corrected chi connectivity index (χ4v) is 1.75. The van der Waals surface area contributed by atoms with Crippen LogP contribution < -0.4 is 9.47 Å². The van der Waals surface area contributed by atoms with Gasteiger partial charge in [-0.25, -0.2) is 0 Å². The molecule has 2 aromatic rings. The van der Waals surface area contributed by atoms with Gasteiger partial charge in [-0.2, -0.15) is 0 Å². The second-order valence-electron chi connectivity index (χ2n) is 4.10. The molecule has 0 aliphatic carbocycles. The zero-order valence-corrected chi connectivity index (χ0v) is 11.3. The zero-order chi connectivity index (χ0) is 15.5. The average molecular weight is 319 g/mol. The van der Waals surface area contributed by atoms with Gasteiger partial charge in [0.2, 0.25) is 0 Å². The Morgan fingerprint density at radius 2 is 1.81 bits per heavy atom. The quantitative estimate of drug-likeness (QED) is 0.900. The number of aromatic hydroxyl groups is 1. The van der Waals surface area contributed by atoms with Crippen molar-refractivity contribution in [2.45, 2.75) is 13.0 Å². The van der Waals surface area contributed by atoms with Crippen molar-refractivity contribution in [3.8, 4) is 17.2 Å². The fraction of sp³-hybridized carbons (Fsp3) is 0.143. The smallest absolute Gasteiger partial charge is 0.506 e. The molecule has 0 spiro atoms. The lowest BCUT2D eigenvalue weighted by molar-refractivity contribution is -0.274. The minimum Gasteiger partial charge on any atom is -0.506 e. The third-order valence-corrected chi connectivity index (χ3v) is 2.76. The Balaban J connectivity index is 2.03. The number of hydrogen-bond donors (Lipinski definition) is 1. The SMILES string of the molecule is Oc1ccc(OCc2cccc(OC(F)(F)F)c2)cc1Cl. The van der Waals surface area contributed by atoms with Crippen molar-refractivity contribution < 1.29 is 27.8 Å². The number of phenolic OH excluding ortho intramolecular Hbond substituents is 1. The fourth-order valence-electron chi connectivity index (χ4n) is 1.58. The first kappa shape index (κ1) is 15.3.